The molecule has 0 saturated heterocycles. The largest absolute Gasteiger partial charge is 0.389 e. The summed E-state index contributed by atoms with van der Waals surface area (Å²) in [6.45, 7) is 15.9. The fourth-order valence-electron chi connectivity index (χ4n) is 3.60. The Labute approximate surface area is 173 Å². The first-order valence-corrected chi connectivity index (χ1v) is 10.3. The van der Waals surface area contributed by atoms with Gasteiger partial charge in [0.25, 0.3) is 0 Å². The number of hydrazine groups is 1. The van der Waals surface area contributed by atoms with Crippen LogP contribution >= 0.6 is 0 Å². The molecule has 1 unspecified atom stereocenters. The third kappa shape index (κ3) is 6.21. The van der Waals surface area contributed by atoms with Crippen LogP contribution in [0.3, 0.4) is 0 Å². The average Bonchev–Trinajstić information content (AvgIpc) is 2.71. The summed E-state index contributed by atoms with van der Waals surface area (Å²) < 4.78 is 0. The van der Waals surface area contributed by atoms with E-state index in [0.717, 1.165) is 43.5 Å². The molecule has 0 bridgehead atoms. The molecule has 1 atom stereocenters. The fourth-order valence-corrected chi connectivity index (χ4v) is 3.60. The van der Waals surface area contributed by atoms with Gasteiger partial charge in [-0.25, -0.2) is 0 Å². The molecule has 1 radical (unpaired) electrons. The van der Waals surface area contributed by atoms with Gasteiger partial charge < -0.3 is 10.7 Å². The second kappa shape index (κ2) is 11.7. The molecule has 0 saturated carbocycles. The zero-order valence-corrected chi connectivity index (χ0v) is 18.4. The number of hydrogen-bond donors (Lipinski definition) is 3. The van der Waals surface area contributed by atoms with E-state index in [1.165, 1.54) is 16.6 Å². The summed E-state index contributed by atoms with van der Waals surface area (Å²) in [5, 5.41) is 3.30. The number of allylic oxidation sites excluding steroid dienone is 2. The van der Waals surface area contributed by atoms with Crippen LogP contribution in [0.15, 0.2) is 42.2 Å². The van der Waals surface area contributed by atoms with Gasteiger partial charge >= 0.3 is 0 Å². The molecule has 0 fully saturated rings. The molecule has 0 aliphatic heterocycles. The molecule has 4 N–H and O–H groups in total. The van der Waals surface area contributed by atoms with Gasteiger partial charge in [-0.3, -0.25) is 5.84 Å². The molecule has 1 aromatic rings. The zero-order chi connectivity index (χ0) is 21.2. The van der Waals surface area contributed by atoms with Crippen LogP contribution in [0.4, 0.5) is 0 Å². The summed E-state index contributed by atoms with van der Waals surface area (Å²) in [5.74, 6) is 8.77. The molecule has 0 spiro atoms. The average molecular weight is 378 g/mol. The lowest BCUT2D eigenvalue weighted by molar-refractivity contribution is 0.338. The monoisotopic (exact) mass is 378 g/mol. The van der Waals surface area contributed by atoms with Crippen molar-refractivity contribution in [1.82, 2.24) is 10.7 Å². The van der Waals surface area contributed by atoms with Crippen LogP contribution in [0.1, 0.15) is 64.0 Å². The van der Waals surface area contributed by atoms with E-state index in [4.69, 9.17) is 12.3 Å². The van der Waals surface area contributed by atoms with Crippen LogP contribution in [0.2, 0.25) is 6.82 Å². The Bertz CT molecular complexity index is 713. The van der Waals surface area contributed by atoms with Crippen molar-refractivity contribution in [3.05, 3.63) is 53.4 Å². The van der Waals surface area contributed by atoms with Crippen molar-refractivity contribution in [2.24, 2.45) is 11.3 Å². The maximum Gasteiger partial charge on any atom is 0.148 e. The van der Waals surface area contributed by atoms with Crippen LogP contribution < -0.4 is 22.0 Å². The molecule has 4 heteroatoms. The first kappa shape index (κ1) is 23.9. The first-order chi connectivity index (χ1) is 13.3. The number of hydrogen-bond acceptors (Lipinski definition) is 3. The summed E-state index contributed by atoms with van der Waals surface area (Å²) in [5.41, 5.74) is 8.42. The lowest BCUT2D eigenvalue weighted by atomic mass is 9.66. The van der Waals surface area contributed by atoms with Crippen LogP contribution in [-0.4, -0.2) is 13.8 Å². The Morgan fingerprint density at radius 2 is 2.11 bits per heavy atom. The first-order valence-electron chi connectivity index (χ1n) is 10.3. The lowest BCUT2D eigenvalue weighted by Crippen LogP contribution is -2.28. The van der Waals surface area contributed by atoms with Crippen molar-refractivity contribution in [1.29, 1.82) is 0 Å². The summed E-state index contributed by atoms with van der Waals surface area (Å²) >= 11 is 0. The Morgan fingerprint density at radius 1 is 1.39 bits per heavy atom. The number of nitrogens with one attached hydrogen (secondary N) is 2. The van der Waals surface area contributed by atoms with E-state index in [0.29, 0.717) is 0 Å². The number of rotatable bonds is 12. The summed E-state index contributed by atoms with van der Waals surface area (Å²) in [6, 6.07) is 6.79. The van der Waals surface area contributed by atoms with Crippen LogP contribution in [0.5, 0.6) is 0 Å². The van der Waals surface area contributed by atoms with Gasteiger partial charge in [-0.15, -0.1) is 6.42 Å². The SMILES string of the molecule is C#CC(=C)C(C)(C)C(CC/C(=C/NCCC)NN)c1ccc([B]C)c(CC)c1. The maximum atomic E-state index is 5.75. The van der Waals surface area contributed by atoms with E-state index in [-0.39, 0.29) is 11.3 Å². The van der Waals surface area contributed by atoms with Crippen molar-refractivity contribution in [2.75, 3.05) is 6.54 Å². The third-order valence-corrected chi connectivity index (χ3v) is 5.64. The molecule has 1 rings (SSSR count). The standard InChI is InChI=1S/C24H37BN3/c1-8-15-27-17-21(28-26)12-13-22(24(5,6)18(4)9-2)20-11-14-23(25-7)19(10-3)16-20/h2,11,14,16-17,22,27-28H,4,8,10,12-13,15,26H2,1,3,5-7H3/b21-17-. The van der Waals surface area contributed by atoms with E-state index in [1.807, 2.05) is 6.20 Å². The van der Waals surface area contributed by atoms with Crippen LogP contribution in [0.25, 0.3) is 0 Å². The smallest absolute Gasteiger partial charge is 0.148 e. The summed E-state index contributed by atoms with van der Waals surface area (Å²) in [6.07, 6.45) is 11.6. The van der Waals surface area contributed by atoms with Crippen LogP contribution in [0, 0.1) is 17.8 Å². The predicted molar refractivity (Wildman–Crippen MR) is 125 cm³/mol. The molecule has 0 heterocycles. The molecule has 151 valence electrons. The van der Waals surface area contributed by atoms with Gasteiger partial charge in [0.1, 0.15) is 7.28 Å². The fraction of sp³-hybridized carbons (Fsp3) is 0.500. The molecule has 0 aliphatic carbocycles. The van der Waals surface area contributed by atoms with Gasteiger partial charge in [0.05, 0.1) is 0 Å². The number of nitrogens with two attached hydrogens (primary N) is 1. The minimum atomic E-state index is -0.215. The Hall–Kier alpha value is -2.12. The van der Waals surface area contributed by atoms with Gasteiger partial charge in [0.15, 0.2) is 0 Å². The van der Waals surface area contributed by atoms with Gasteiger partial charge in [-0.2, -0.15) is 0 Å². The quantitative estimate of drug-likeness (QED) is 0.169. The second-order valence-corrected chi connectivity index (χ2v) is 7.80. The van der Waals surface area contributed by atoms with Crippen molar-refractivity contribution in [3.63, 3.8) is 0 Å². The molecule has 1 aromatic carbocycles. The Morgan fingerprint density at radius 3 is 2.64 bits per heavy atom. The molecule has 28 heavy (non-hydrogen) atoms. The molecule has 3 nitrogen and oxygen atoms in total. The predicted octanol–water partition coefficient (Wildman–Crippen LogP) is 4.01. The second-order valence-electron chi connectivity index (χ2n) is 7.80. The maximum absolute atomic E-state index is 5.75. The number of aryl methyl sites for hydroxylation is 1. The highest BCUT2D eigenvalue weighted by Crippen LogP contribution is 2.44. The van der Waals surface area contributed by atoms with E-state index in [1.54, 1.807) is 0 Å². The van der Waals surface area contributed by atoms with Gasteiger partial charge in [-0.1, -0.05) is 76.2 Å². The van der Waals surface area contributed by atoms with Crippen molar-refractivity contribution in [2.45, 2.75) is 66.1 Å². The van der Waals surface area contributed by atoms with Crippen molar-refractivity contribution < 1.29 is 0 Å². The van der Waals surface area contributed by atoms with Gasteiger partial charge in [-0.05, 0) is 37.2 Å². The normalized spacial score (nSPS) is 12.8. The summed E-state index contributed by atoms with van der Waals surface area (Å²) in [7, 11) is 2.17. The third-order valence-electron chi connectivity index (χ3n) is 5.64. The van der Waals surface area contributed by atoms with E-state index in [9.17, 15) is 0 Å². The summed E-state index contributed by atoms with van der Waals surface area (Å²) in [4.78, 5) is 0. The van der Waals surface area contributed by atoms with Crippen molar-refractivity contribution in [3.8, 4) is 12.3 Å². The van der Waals surface area contributed by atoms with Gasteiger partial charge in [0.2, 0.25) is 0 Å². The van der Waals surface area contributed by atoms with E-state index < -0.39 is 0 Å². The Balaban J connectivity index is 3.22. The highest BCUT2D eigenvalue weighted by atomic mass is 15.2. The van der Waals surface area contributed by atoms with E-state index in [2.05, 4.69) is 83.2 Å². The highest BCUT2D eigenvalue weighted by Gasteiger charge is 2.33. The molecular formula is C24H37BN3. The number of terminal acetylenes is 1. The van der Waals surface area contributed by atoms with Gasteiger partial charge in [0, 0.05) is 29.4 Å². The van der Waals surface area contributed by atoms with Crippen molar-refractivity contribution >= 4 is 12.7 Å². The Kier molecular flexibility index (Phi) is 9.97. The highest BCUT2D eigenvalue weighted by molar-refractivity contribution is 6.52. The number of benzene rings is 1. The molecular weight excluding hydrogens is 341 g/mol. The zero-order valence-electron chi connectivity index (χ0n) is 18.4. The van der Waals surface area contributed by atoms with E-state index >= 15 is 0 Å². The molecule has 0 aliphatic rings. The minimum Gasteiger partial charge on any atom is -0.389 e. The molecule has 0 aromatic heterocycles. The lowest BCUT2D eigenvalue weighted by Gasteiger charge is -2.35. The van der Waals surface area contributed by atoms with Crippen LogP contribution in [-0.2, 0) is 6.42 Å². The topological polar surface area (TPSA) is 50.1 Å². The minimum absolute atomic E-state index is 0.215. The molecule has 0 amide bonds.